The highest BCUT2D eigenvalue weighted by Gasteiger charge is 1.97. The van der Waals surface area contributed by atoms with Gasteiger partial charge in [-0.1, -0.05) is 60.6 Å². The summed E-state index contributed by atoms with van der Waals surface area (Å²) in [6, 6.07) is 14.9. The fourth-order valence-corrected chi connectivity index (χ4v) is 1.77. The summed E-state index contributed by atoms with van der Waals surface area (Å²) in [5.74, 6) is 0. The van der Waals surface area contributed by atoms with E-state index in [4.69, 9.17) is 11.6 Å². The molecule has 0 nitrogen and oxygen atoms in total. The van der Waals surface area contributed by atoms with Gasteiger partial charge in [0.25, 0.3) is 0 Å². The Kier molecular flexibility index (Phi) is 3.08. The summed E-state index contributed by atoms with van der Waals surface area (Å²) in [7, 11) is 0. The second-order valence-electron chi connectivity index (χ2n) is 3.70. The summed E-state index contributed by atoms with van der Waals surface area (Å²) in [4.78, 5) is 0. The van der Waals surface area contributed by atoms with E-state index in [1.165, 1.54) is 16.3 Å². The van der Waals surface area contributed by atoms with E-state index in [2.05, 4.69) is 49.0 Å². The summed E-state index contributed by atoms with van der Waals surface area (Å²) in [6.45, 7) is 3.70. The van der Waals surface area contributed by atoms with Crippen LogP contribution in [-0.2, 0) is 6.42 Å². The molecule has 0 radical (unpaired) electrons. The molecule has 1 heteroatoms. The molecule has 76 valence electrons. The minimum atomic E-state index is 0.725. The Hall–Kier alpha value is -1.27. The van der Waals surface area contributed by atoms with Crippen LogP contribution in [-0.4, -0.2) is 0 Å². The number of aryl methyl sites for hydroxylation is 1. The first-order chi connectivity index (χ1) is 7.25. The van der Waals surface area contributed by atoms with Crippen LogP contribution in [0.3, 0.4) is 0 Å². The second-order valence-corrected chi connectivity index (χ2v) is 4.23. The maximum absolute atomic E-state index is 5.75. The van der Waals surface area contributed by atoms with Gasteiger partial charge in [0.1, 0.15) is 0 Å². The third-order valence-electron chi connectivity index (χ3n) is 2.50. The van der Waals surface area contributed by atoms with Gasteiger partial charge in [-0.3, -0.25) is 0 Å². The highest BCUT2D eigenvalue weighted by atomic mass is 35.5. The second kappa shape index (κ2) is 4.50. The Labute approximate surface area is 95.2 Å². The van der Waals surface area contributed by atoms with Crippen LogP contribution >= 0.6 is 11.6 Å². The average Bonchev–Trinajstić information content (AvgIpc) is 2.26. The molecule has 0 saturated heterocycles. The van der Waals surface area contributed by atoms with Gasteiger partial charge >= 0.3 is 0 Å². The summed E-state index contributed by atoms with van der Waals surface area (Å²) in [5.41, 5.74) is 1.32. The highest BCUT2D eigenvalue weighted by Crippen LogP contribution is 2.18. The number of allylic oxidation sites excluding steroid dienone is 1. The van der Waals surface area contributed by atoms with Crippen LogP contribution in [0.1, 0.15) is 12.0 Å². The summed E-state index contributed by atoms with van der Waals surface area (Å²) in [6.07, 6.45) is 1.81. The number of benzene rings is 2. The van der Waals surface area contributed by atoms with Crippen molar-refractivity contribution >= 4 is 22.4 Å². The van der Waals surface area contributed by atoms with Crippen LogP contribution in [0.5, 0.6) is 0 Å². The Morgan fingerprint density at radius 2 is 1.80 bits per heavy atom. The van der Waals surface area contributed by atoms with Crippen LogP contribution in [0.25, 0.3) is 10.8 Å². The van der Waals surface area contributed by atoms with Crippen molar-refractivity contribution in [1.29, 1.82) is 0 Å². The third kappa shape index (κ3) is 2.60. The molecule has 15 heavy (non-hydrogen) atoms. The molecule has 0 heterocycles. The molecule has 0 saturated carbocycles. The summed E-state index contributed by atoms with van der Waals surface area (Å²) < 4.78 is 0. The van der Waals surface area contributed by atoms with E-state index in [1.807, 2.05) is 0 Å². The van der Waals surface area contributed by atoms with Crippen molar-refractivity contribution in [2.24, 2.45) is 0 Å². The van der Waals surface area contributed by atoms with Crippen LogP contribution in [0.15, 0.2) is 54.1 Å². The molecule has 0 aliphatic heterocycles. The predicted molar refractivity (Wildman–Crippen MR) is 67.3 cm³/mol. The largest absolute Gasteiger partial charge is 0.0898 e. The number of fused-ring (bicyclic) bond motifs is 1. The van der Waals surface area contributed by atoms with Crippen LogP contribution in [0, 0.1) is 0 Å². The van der Waals surface area contributed by atoms with E-state index in [9.17, 15) is 0 Å². The molecule has 2 aromatic carbocycles. The minimum Gasteiger partial charge on any atom is -0.0898 e. The molecule has 0 spiro atoms. The monoisotopic (exact) mass is 216 g/mol. The van der Waals surface area contributed by atoms with Crippen LogP contribution < -0.4 is 0 Å². The molecule has 0 atom stereocenters. The van der Waals surface area contributed by atoms with E-state index in [0.717, 1.165) is 17.9 Å². The van der Waals surface area contributed by atoms with Crippen molar-refractivity contribution in [3.8, 4) is 0 Å². The van der Waals surface area contributed by atoms with Gasteiger partial charge in [-0.2, -0.15) is 0 Å². The molecule has 0 amide bonds. The zero-order chi connectivity index (χ0) is 10.7. The van der Waals surface area contributed by atoms with Gasteiger partial charge in [-0.05, 0) is 29.2 Å². The molecule has 0 aromatic heterocycles. The molecule has 2 aromatic rings. The van der Waals surface area contributed by atoms with E-state index < -0.39 is 0 Å². The molecule has 0 fully saturated rings. The number of hydrogen-bond donors (Lipinski definition) is 0. The van der Waals surface area contributed by atoms with E-state index in [0.29, 0.717) is 0 Å². The first-order valence-electron chi connectivity index (χ1n) is 5.07. The number of halogens is 1. The standard InChI is InChI=1S/C14H13Cl/c1-11(15)6-7-12-8-9-13-4-2-3-5-14(13)10-12/h2-5,8-10H,1,6-7H2. The van der Waals surface area contributed by atoms with Gasteiger partial charge < -0.3 is 0 Å². The van der Waals surface area contributed by atoms with Gasteiger partial charge in [0.15, 0.2) is 0 Å². The molecule has 0 bridgehead atoms. The van der Waals surface area contributed by atoms with Gasteiger partial charge in [-0.15, -0.1) is 0 Å². The molecular formula is C14H13Cl. The topological polar surface area (TPSA) is 0 Å². The van der Waals surface area contributed by atoms with Crippen LogP contribution in [0.4, 0.5) is 0 Å². The van der Waals surface area contributed by atoms with Gasteiger partial charge in [0.05, 0.1) is 0 Å². The van der Waals surface area contributed by atoms with E-state index in [1.54, 1.807) is 0 Å². The Morgan fingerprint density at radius 3 is 2.53 bits per heavy atom. The smallest absolute Gasteiger partial charge is 0.0112 e. The fourth-order valence-electron chi connectivity index (χ4n) is 1.67. The van der Waals surface area contributed by atoms with Crippen molar-refractivity contribution in [1.82, 2.24) is 0 Å². The van der Waals surface area contributed by atoms with Crippen molar-refractivity contribution in [2.75, 3.05) is 0 Å². The van der Waals surface area contributed by atoms with Gasteiger partial charge in [-0.25, -0.2) is 0 Å². The van der Waals surface area contributed by atoms with Crippen LogP contribution in [0.2, 0.25) is 0 Å². The first kappa shape index (κ1) is 10.3. The molecule has 2 rings (SSSR count). The Balaban J connectivity index is 2.26. The zero-order valence-electron chi connectivity index (χ0n) is 8.54. The first-order valence-corrected chi connectivity index (χ1v) is 5.44. The molecule has 0 aliphatic rings. The highest BCUT2D eigenvalue weighted by molar-refractivity contribution is 6.29. The van der Waals surface area contributed by atoms with Crippen molar-refractivity contribution in [3.05, 3.63) is 59.6 Å². The van der Waals surface area contributed by atoms with Crippen molar-refractivity contribution < 1.29 is 0 Å². The number of hydrogen-bond acceptors (Lipinski definition) is 0. The number of rotatable bonds is 3. The zero-order valence-corrected chi connectivity index (χ0v) is 9.30. The fraction of sp³-hybridized carbons (Fsp3) is 0.143. The Morgan fingerprint density at radius 1 is 1.07 bits per heavy atom. The van der Waals surface area contributed by atoms with Crippen molar-refractivity contribution in [2.45, 2.75) is 12.8 Å². The van der Waals surface area contributed by atoms with E-state index in [-0.39, 0.29) is 0 Å². The van der Waals surface area contributed by atoms with Crippen molar-refractivity contribution in [3.63, 3.8) is 0 Å². The maximum Gasteiger partial charge on any atom is 0.0112 e. The van der Waals surface area contributed by atoms with Gasteiger partial charge in [0, 0.05) is 5.03 Å². The average molecular weight is 217 g/mol. The maximum atomic E-state index is 5.75. The molecule has 0 aliphatic carbocycles. The Bertz CT molecular complexity index is 485. The van der Waals surface area contributed by atoms with E-state index >= 15 is 0 Å². The third-order valence-corrected chi connectivity index (χ3v) is 2.69. The lowest BCUT2D eigenvalue weighted by atomic mass is 10.0. The molecular weight excluding hydrogens is 204 g/mol. The lowest BCUT2D eigenvalue weighted by Gasteiger charge is -2.02. The minimum absolute atomic E-state index is 0.725. The van der Waals surface area contributed by atoms with Gasteiger partial charge in [0.2, 0.25) is 0 Å². The summed E-state index contributed by atoms with van der Waals surface area (Å²) >= 11 is 5.75. The lowest BCUT2D eigenvalue weighted by molar-refractivity contribution is 0.992. The molecule has 0 N–H and O–H groups in total. The quantitative estimate of drug-likeness (QED) is 0.708. The SMILES string of the molecule is C=C(Cl)CCc1ccc2ccccc2c1. The predicted octanol–water partition coefficient (Wildman–Crippen LogP) is 4.52. The normalized spacial score (nSPS) is 10.5. The summed E-state index contributed by atoms with van der Waals surface area (Å²) in [5, 5.41) is 3.30. The lowest BCUT2D eigenvalue weighted by Crippen LogP contribution is -1.85. The molecule has 0 unspecified atom stereocenters.